The molecule has 0 heterocycles. The van der Waals surface area contributed by atoms with E-state index in [1.807, 2.05) is 0 Å². The first kappa shape index (κ1) is 13.0. The maximum atomic E-state index is 12.0. The molecule has 0 aromatic heterocycles. The Bertz CT molecular complexity index is 518. The van der Waals surface area contributed by atoms with Gasteiger partial charge in [0.05, 0.1) is 12.8 Å². The number of ether oxygens (including phenoxy) is 1. The molecule has 0 N–H and O–H groups in total. The highest BCUT2D eigenvalue weighted by Crippen LogP contribution is 2.33. The number of hydrogen-bond acceptors (Lipinski definition) is 3. The molecule has 0 amide bonds. The molecule has 0 aliphatic heterocycles. The number of nitrogens with zero attached hydrogens (tertiary/aromatic N) is 1. The van der Waals surface area contributed by atoms with Crippen molar-refractivity contribution in [2.45, 2.75) is 12.8 Å². The molecule has 0 radical (unpaired) electrons. The molecule has 0 saturated heterocycles. The van der Waals surface area contributed by atoms with E-state index in [4.69, 9.17) is 4.74 Å². The van der Waals surface area contributed by atoms with E-state index in [0.29, 0.717) is 23.9 Å². The van der Waals surface area contributed by atoms with Crippen LogP contribution in [0.5, 0.6) is 5.75 Å². The number of hydrogen-bond donors (Lipinski definition) is 0. The summed E-state index contributed by atoms with van der Waals surface area (Å²) in [4.78, 5) is 0. The van der Waals surface area contributed by atoms with E-state index in [0.717, 1.165) is 18.2 Å². The fourth-order valence-electron chi connectivity index (χ4n) is 1.73. The number of anilines is 1. The van der Waals surface area contributed by atoms with Crippen molar-refractivity contribution in [2.75, 3.05) is 18.0 Å². The van der Waals surface area contributed by atoms with Gasteiger partial charge >= 0.3 is 0 Å². The quantitative estimate of drug-likeness (QED) is 0.795. The van der Waals surface area contributed by atoms with Crippen molar-refractivity contribution < 1.29 is 13.2 Å². The highest BCUT2D eigenvalue weighted by atomic mass is 32.2. The van der Waals surface area contributed by atoms with Gasteiger partial charge in [-0.1, -0.05) is 6.58 Å². The van der Waals surface area contributed by atoms with E-state index in [2.05, 4.69) is 6.58 Å². The molecule has 0 bridgehead atoms. The number of methoxy groups -OCH3 is 1. The lowest BCUT2D eigenvalue weighted by Gasteiger charge is -2.22. The summed E-state index contributed by atoms with van der Waals surface area (Å²) in [5.41, 5.74) is 0.655. The SMILES string of the molecule is C=CS(=O)(=O)N(CC1CC1)c1ccc(OC)cc1. The Morgan fingerprint density at radius 2 is 2.00 bits per heavy atom. The molecule has 0 atom stereocenters. The molecule has 1 fully saturated rings. The van der Waals surface area contributed by atoms with Crippen molar-refractivity contribution in [2.24, 2.45) is 5.92 Å². The van der Waals surface area contributed by atoms with Gasteiger partial charge in [0.2, 0.25) is 0 Å². The zero-order chi connectivity index (χ0) is 13.2. The Hall–Kier alpha value is -1.49. The summed E-state index contributed by atoms with van der Waals surface area (Å²) in [5, 5.41) is 1.000. The van der Waals surface area contributed by atoms with Gasteiger partial charge < -0.3 is 4.74 Å². The van der Waals surface area contributed by atoms with Crippen molar-refractivity contribution in [3.05, 3.63) is 36.3 Å². The van der Waals surface area contributed by atoms with Crippen molar-refractivity contribution in [3.8, 4) is 5.75 Å². The molecule has 1 aliphatic carbocycles. The summed E-state index contributed by atoms with van der Waals surface area (Å²) < 4.78 is 30.5. The van der Waals surface area contributed by atoms with Crippen LogP contribution < -0.4 is 9.04 Å². The molecule has 98 valence electrons. The van der Waals surface area contributed by atoms with Crippen LogP contribution in [-0.2, 0) is 10.0 Å². The van der Waals surface area contributed by atoms with Gasteiger partial charge in [0.25, 0.3) is 10.0 Å². The Labute approximate surface area is 108 Å². The van der Waals surface area contributed by atoms with Crippen molar-refractivity contribution in [1.29, 1.82) is 0 Å². The number of rotatable bonds is 6. The minimum absolute atomic E-state index is 0.474. The topological polar surface area (TPSA) is 46.6 Å². The molecule has 5 heteroatoms. The minimum atomic E-state index is -3.43. The maximum Gasteiger partial charge on any atom is 0.256 e. The first-order valence-corrected chi connectivity index (χ1v) is 7.36. The van der Waals surface area contributed by atoms with Gasteiger partial charge in [-0.2, -0.15) is 0 Å². The second-order valence-corrected chi connectivity index (χ2v) is 6.19. The largest absolute Gasteiger partial charge is 0.497 e. The first-order valence-electron chi connectivity index (χ1n) is 5.86. The Morgan fingerprint density at radius 3 is 2.44 bits per heavy atom. The van der Waals surface area contributed by atoms with Crippen LogP contribution in [-0.4, -0.2) is 22.1 Å². The summed E-state index contributed by atoms with van der Waals surface area (Å²) in [6.07, 6.45) is 2.19. The third kappa shape index (κ3) is 2.85. The molecule has 0 spiro atoms. The van der Waals surface area contributed by atoms with Crippen molar-refractivity contribution in [1.82, 2.24) is 0 Å². The highest BCUT2D eigenvalue weighted by molar-refractivity contribution is 7.95. The normalized spacial score (nSPS) is 15.2. The van der Waals surface area contributed by atoms with Gasteiger partial charge in [-0.25, -0.2) is 8.42 Å². The fourth-order valence-corrected chi connectivity index (χ4v) is 2.74. The molecule has 1 aromatic carbocycles. The second kappa shape index (κ2) is 5.02. The van der Waals surface area contributed by atoms with Gasteiger partial charge in [0, 0.05) is 12.0 Å². The maximum absolute atomic E-state index is 12.0. The average Bonchev–Trinajstić information content (AvgIpc) is 3.20. The smallest absolute Gasteiger partial charge is 0.256 e. The van der Waals surface area contributed by atoms with Crippen LogP contribution in [0.2, 0.25) is 0 Å². The van der Waals surface area contributed by atoms with Crippen LogP contribution in [0, 0.1) is 5.92 Å². The van der Waals surface area contributed by atoms with Crippen molar-refractivity contribution >= 4 is 15.7 Å². The molecular weight excluding hydrogens is 250 g/mol. The monoisotopic (exact) mass is 267 g/mol. The van der Waals surface area contributed by atoms with Crippen LogP contribution in [0.1, 0.15) is 12.8 Å². The zero-order valence-electron chi connectivity index (χ0n) is 10.4. The van der Waals surface area contributed by atoms with Crippen LogP contribution in [0.25, 0.3) is 0 Å². The van der Waals surface area contributed by atoms with Crippen LogP contribution in [0.4, 0.5) is 5.69 Å². The van der Waals surface area contributed by atoms with Gasteiger partial charge in [-0.15, -0.1) is 0 Å². The van der Waals surface area contributed by atoms with Gasteiger partial charge in [-0.05, 0) is 43.0 Å². The lowest BCUT2D eigenvalue weighted by molar-refractivity contribution is 0.415. The predicted octanol–water partition coefficient (Wildman–Crippen LogP) is 2.38. The van der Waals surface area contributed by atoms with Gasteiger partial charge in [0.15, 0.2) is 0 Å². The van der Waals surface area contributed by atoms with Crippen LogP contribution >= 0.6 is 0 Å². The Morgan fingerprint density at radius 1 is 1.39 bits per heavy atom. The first-order chi connectivity index (χ1) is 8.56. The number of benzene rings is 1. The minimum Gasteiger partial charge on any atom is -0.497 e. The average molecular weight is 267 g/mol. The standard InChI is InChI=1S/C13H17NO3S/c1-3-18(15,16)14(10-11-4-5-11)12-6-8-13(17-2)9-7-12/h3,6-9,11H,1,4-5,10H2,2H3. The summed E-state index contributed by atoms with van der Waals surface area (Å²) in [5.74, 6) is 1.18. The Balaban J connectivity index is 2.29. The van der Waals surface area contributed by atoms with Crippen LogP contribution in [0.3, 0.4) is 0 Å². The molecule has 4 nitrogen and oxygen atoms in total. The molecule has 1 aromatic rings. The van der Waals surface area contributed by atoms with E-state index in [1.54, 1.807) is 31.4 Å². The highest BCUT2D eigenvalue weighted by Gasteiger charge is 2.29. The fraction of sp³-hybridized carbons (Fsp3) is 0.385. The summed E-state index contributed by atoms with van der Waals surface area (Å²) in [6, 6.07) is 7.02. The lowest BCUT2D eigenvalue weighted by Crippen LogP contribution is -2.31. The third-order valence-corrected chi connectivity index (χ3v) is 4.39. The Kier molecular flexibility index (Phi) is 3.61. The molecule has 1 saturated carbocycles. The van der Waals surface area contributed by atoms with E-state index in [9.17, 15) is 8.42 Å². The van der Waals surface area contributed by atoms with E-state index in [1.165, 1.54) is 4.31 Å². The summed E-state index contributed by atoms with van der Waals surface area (Å²) in [7, 11) is -1.85. The summed E-state index contributed by atoms with van der Waals surface area (Å²) in [6.45, 7) is 3.91. The molecule has 2 rings (SSSR count). The van der Waals surface area contributed by atoms with E-state index >= 15 is 0 Å². The molecular formula is C13H17NO3S. The second-order valence-electron chi connectivity index (χ2n) is 4.38. The molecule has 1 aliphatic rings. The molecule has 0 unspecified atom stereocenters. The lowest BCUT2D eigenvalue weighted by atomic mass is 10.3. The summed E-state index contributed by atoms with van der Waals surface area (Å²) >= 11 is 0. The van der Waals surface area contributed by atoms with E-state index in [-0.39, 0.29) is 0 Å². The van der Waals surface area contributed by atoms with Crippen molar-refractivity contribution in [3.63, 3.8) is 0 Å². The predicted molar refractivity (Wildman–Crippen MR) is 72.2 cm³/mol. The zero-order valence-corrected chi connectivity index (χ0v) is 11.2. The third-order valence-electron chi connectivity index (χ3n) is 3.00. The van der Waals surface area contributed by atoms with E-state index < -0.39 is 10.0 Å². The molecule has 18 heavy (non-hydrogen) atoms. The van der Waals surface area contributed by atoms with Gasteiger partial charge in [0.1, 0.15) is 5.75 Å². The van der Waals surface area contributed by atoms with Gasteiger partial charge in [-0.3, -0.25) is 4.31 Å². The van der Waals surface area contributed by atoms with Crippen LogP contribution in [0.15, 0.2) is 36.3 Å². The number of sulfonamides is 1.